The smallest absolute Gasteiger partial charge is 0.450 e. The highest BCUT2D eigenvalue weighted by molar-refractivity contribution is 5.92. The van der Waals surface area contributed by atoms with Crippen molar-refractivity contribution < 1.29 is 24.9 Å². The fraction of sp³-hybridized carbons (Fsp3) is 0.600. The third-order valence-corrected chi connectivity index (χ3v) is 1.37. The second-order valence-electron chi connectivity index (χ2n) is 3.62. The molecule has 0 aromatic heterocycles. The summed E-state index contributed by atoms with van der Waals surface area (Å²) < 4.78 is 0. The fourth-order valence-electron chi connectivity index (χ4n) is 0.826. The summed E-state index contributed by atoms with van der Waals surface area (Å²) in [7, 11) is 3.71. The van der Waals surface area contributed by atoms with Gasteiger partial charge in [0.15, 0.2) is 0 Å². The van der Waals surface area contributed by atoms with Crippen LogP contribution in [0.1, 0.15) is 13.8 Å². The monoisotopic (exact) mass is 248 g/mol. The fourth-order valence-corrected chi connectivity index (χ4v) is 0.826. The van der Waals surface area contributed by atoms with Gasteiger partial charge >= 0.3 is 6.16 Å². The van der Waals surface area contributed by atoms with E-state index in [1.165, 1.54) is 0 Å². The lowest BCUT2D eigenvalue weighted by molar-refractivity contribution is -0.117. The molecule has 0 rings (SSSR count). The molecule has 0 saturated carbocycles. The zero-order valence-corrected chi connectivity index (χ0v) is 10.5. The molecule has 0 saturated heterocycles. The molecule has 0 radical (unpaired) electrons. The van der Waals surface area contributed by atoms with Crippen LogP contribution in [0.4, 0.5) is 4.79 Å². The second kappa shape index (κ2) is 9.46. The minimum Gasteiger partial charge on any atom is -0.450 e. The van der Waals surface area contributed by atoms with E-state index in [-0.39, 0.29) is 12.5 Å². The van der Waals surface area contributed by atoms with Crippen LogP contribution in [0.3, 0.4) is 0 Å². The number of carbonyl (C=O) groups excluding carboxylic acids is 1. The third-order valence-electron chi connectivity index (χ3n) is 1.37. The van der Waals surface area contributed by atoms with Gasteiger partial charge in [-0.05, 0) is 13.8 Å². The zero-order chi connectivity index (χ0) is 14.0. The zero-order valence-electron chi connectivity index (χ0n) is 10.5. The molecule has 1 amide bonds. The van der Waals surface area contributed by atoms with E-state index in [0.717, 1.165) is 0 Å². The summed E-state index contributed by atoms with van der Waals surface area (Å²) in [6.45, 7) is 3.65. The van der Waals surface area contributed by atoms with Gasteiger partial charge in [0.25, 0.3) is 0 Å². The molecular weight excluding hydrogens is 228 g/mol. The van der Waals surface area contributed by atoms with E-state index in [2.05, 4.69) is 5.32 Å². The standard InChI is InChI=1S/C9H18N2O2.CH2O3/c1-7(6-11(3)4)9(13)10-5-8(2)12;2-1(3)4/h6,8,12H,5H2,1-4H3,(H,10,13);(H2,2,3,4). The van der Waals surface area contributed by atoms with Gasteiger partial charge in [-0.1, -0.05) is 0 Å². The maximum Gasteiger partial charge on any atom is 0.503 e. The van der Waals surface area contributed by atoms with E-state index in [0.29, 0.717) is 5.57 Å². The Bertz CT molecular complexity index is 270. The third kappa shape index (κ3) is 16.9. The number of hydrogen-bond donors (Lipinski definition) is 4. The molecule has 0 spiro atoms. The Balaban J connectivity index is 0. The Morgan fingerprint density at radius 1 is 1.35 bits per heavy atom. The van der Waals surface area contributed by atoms with Crippen molar-refractivity contribution in [3.8, 4) is 0 Å². The van der Waals surface area contributed by atoms with Gasteiger partial charge in [0.1, 0.15) is 0 Å². The molecule has 1 unspecified atom stereocenters. The summed E-state index contributed by atoms with van der Waals surface area (Å²) in [4.78, 5) is 21.6. The van der Waals surface area contributed by atoms with Crippen LogP contribution >= 0.6 is 0 Å². The first-order valence-corrected chi connectivity index (χ1v) is 4.89. The molecule has 0 heterocycles. The van der Waals surface area contributed by atoms with Crippen LogP contribution in [0, 0.1) is 0 Å². The number of amides is 1. The predicted molar refractivity (Wildman–Crippen MR) is 62.8 cm³/mol. The number of carbonyl (C=O) groups is 2. The van der Waals surface area contributed by atoms with Crippen LogP contribution in [0.25, 0.3) is 0 Å². The van der Waals surface area contributed by atoms with Crippen LogP contribution in [-0.4, -0.2) is 59.0 Å². The van der Waals surface area contributed by atoms with Crippen molar-refractivity contribution in [1.82, 2.24) is 10.2 Å². The highest BCUT2D eigenvalue weighted by Gasteiger charge is 2.04. The van der Waals surface area contributed by atoms with E-state index in [1.807, 2.05) is 14.1 Å². The summed E-state index contributed by atoms with van der Waals surface area (Å²) in [6, 6.07) is 0. The van der Waals surface area contributed by atoms with Crippen molar-refractivity contribution in [3.63, 3.8) is 0 Å². The molecule has 7 nitrogen and oxygen atoms in total. The molecule has 0 bridgehead atoms. The number of carboxylic acid groups (broad SMARTS) is 2. The number of aliphatic hydroxyl groups is 1. The van der Waals surface area contributed by atoms with Gasteiger partial charge in [0.05, 0.1) is 6.10 Å². The number of aliphatic hydroxyl groups excluding tert-OH is 1. The van der Waals surface area contributed by atoms with Crippen molar-refractivity contribution in [2.45, 2.75) is 20.0 Å². The number of hydrogen-bond acceptors (Lipinski definition) is 4. The van der Waals surface area contributed by atoms with Crippen molar-refractivity contribution in [1.29, 1.82) is 0 Å². The maximum atomic E-state index is 11.3. The van der Waals surface area contributed by atoms with Gasteiger partial charge in [0, 0.05) is 32.4 Å². The van der Waals surface area contributed by atoms with Crippen LogP contribution in [0.15, 0.2) is 11.8 Å². The summed E-state index contributed by atoms with van der Waals surface area (Å²) >= 11 is 0. The molecule has 7 heteroatoms. The summed E-state index contributed by atoms with van der Waals surface area (Å²) in [5.41, 5.74) is 0.630. The van der Waals surface area contributed by atoms with Crippen molar-refractivity contribution in [2.24, 2.45) is 0 Å². The topological polar surface area (TPSA) is 110 Å². The lowest BCUT2D eigenvalue weighted by Gasteiger charge is -2.09. The molecule has 0 aliphatic carbocycles. The molecule has 100 valence electrons. The summed E-state index contributed by atoms with van der Waals surface area (Å²) in [5.74, 6) is -0.144. The molecule has 4 N–H and O–H groups in total. The van der Waals surface area contributed by atoms with Gasteiger partial charge in [-0.2, -0.15) is 0 Å². The molecule has 0 aromatic carbocycles. The van der Waals surface area contributed by atoms with Crippen LogP contribution in [-0.2, 0) is 4.79 Å². The normalized spacial score (nSPS) is 11.9. The Morgan fingerprint density at radius 3 is 2.06 bits per heavy atom. The Kier molecular flexibility index (Phi) is 9.82. The van der Waals surface area contributed by atoms with Crippen LogP contribution < -0.4 is 5.32 Å². The van der Waals surface area contributed by atoms with Gasteiger partial charge in [-0.15, -0.1) is 0 Å². The van der Waals surface area contributed by atoms with E-state index in [9.17, 15) is 4.79 Å². The van der Waals surface area contributed by atoms with Gasteiger partial charge < -0.3 is 25.5 Å². The SMILES string of the molecule is CC(=CN(C)C)C(=O)NCC(C)O.O=C(O)O. The van der Waals surface area contributed by atoms with E-state index in [1.54, 1.807) is 24.9 Å². The first-order valence-electron chi connectivity index (χ1n) is 4.89. The minimum atomic E-state index is -1.83. The summed E-state index contributed by atoms with van der Waals surface area (Å²) in [6.07, 6.45) is -0.603. The molecule has 17 heavy (non-hydrogen) atoms. The highest BCUT2D eigenvalue weighted by atomic mass is 16.6. The minimum absolute atomic E-state index is 0.144. The van der Waals surface area contributed by atoms with E-state index < -0.39 is 12.3 Å². The lowest BCUT2D eigenvalue weighted by Crippen LogP contribution is -2.31. The maximum absolute atomic E-state index is 11.3. The largest absolute Gasteiger partial charge is 0.503 e. The highest BCUT2D eigenvalue weighted by Crippen LogP contribution is 1.93. The second-order valence-corrected chi connectivity index (χ2v) is 3.62. The van der Waals surface area contributed by atoms with E-state index >= 15 is 0 Å². The first kappa shape index (κ1) is 17.6. The predicted octanol–water partition coefficient (Wildman–Crippen LogP) is 0.171. The Labute approximate surface area is 100 Å². The number of nitrogens with one attached hydrogen (secondary N) is 1. The van der Waals surface area contributed by atoms with Crippen molar-refractivity contribution >= 4 is 12.1 Å². The molecule has 1 atom stereocenters. The first-order chi connectivity index (χ1) is 7.66. The van der Waals surface area contributed by atoms with Gasteiger partial charge in [0.2, 0.25) is 5.91 Å². The summed E-state index contributed by atoms with van der Waals surface area (Å²) in [5, 5.41) is 25.5. The lowest BCUT2D eigenvalue weighted by atomic mass is 10.3. The van der Waals surface area contributed by atoms with Gasteiger partial charge in [-0.25, -0.2) is 4.79 Å². The average molecular weight is 248 g/mol. The Hall–Kier alpha value is -1.76. The quantitative estimate of drug-likeness (QED) is 0.528. The molecule has 0 aliphatic rings. The van der Waals surface area contributed by atoms with Crippen LogP contribution in [0.5, 0.6) is 0 Å². The average Bonchev–Trinajstić information content (AvgIpc) is 2.11. The molecular formula is C10H20N2O5. The molecule has 0 aliphatic heterocycles. The van der Waals surface area contributed by atoms with Crippen molar-refractivity contribution in [3.05, 3.63) is 11.8 Å². The Morgan fingerprint density at radius 2 is 1.76 bits per heavy atom. The van der Waals surface area contributed by atoms with Gasteiger partial charge in [-0.3, -0.25) is 4.79 Å². The molecule has 0 fully saturated rings. The van der Waals surface area contributed by atoms with E-state index in [4.69, 9.17) is 20.1 Å². The van der Waals surface area contributed by atoms with Crippen molar-refractivity contribution in [2.75, 3.05) is 20.6 Å². The number of rotatable bonds is 4. The molecule has 0 aromatic rings. The van der Waals surface area contributed by atoms with Crippen LogP contribution in [0.2, 0.25) is 0 Å². The number of nitrogens with zero attached hydrogens (tertiary/aromatic N) is 1.